The van der Waals surface area contributed by atoms with Crippen molar-refractivity contribution in [1.29, 1.82) is 0 Å². The third-order valence-corrected chi connectivity index (χ3v) is 1.71. The van der Waals surface area contributed by atoms with Gasteiger partial charge in [-0.3, -0.25) is 9.59 Å². The number of primary amides is 2. The molecule has 0 spiro atoms. The summed E-state index contributed by atoms with van der Waals surface area (Å²) < 4.78 is 4.88. The average molecular weight is 194 g/mol. The molecule has 1 aromatic rings. The minimum Gasteiger partial charge on any atom is -0.497 e. The molecule has 0 heterocycles. The van der Waals surface area contributed by atoms with Crippen LogP contribution in [0.3, 0.4) is 0 Å². The highest BCUT2D eigenvalue weighted by atomic mass is 16.5. The number of methoxy groups -OCH3 is 1. The molecule has 5 nitrogen and oxygen atoms in total. The van der Waals surface area contributed by atoms with Gasteiger partial charge in [-0.2, -0.15) is 0 Å². The van der Waals surface area contributed by atoms with Crippen LogP contribution in [0, 0.1) is 0 Å². The summed E-state index contributed by atoms with van der Waals surface area (Å²) >= 11 is 0. The monoisotopic (exact) mass is 194 g/mol. The predicted octanol–water partition coefficient (Wildman–Crippen LogP) is -0.107. The first-order valence-corrected chi connectivity index (χ1v) is 3.83. The van der Waals surface area contributed by atoms with Gasteiger partial charge in [0.1, 0.15) is 5.75 Å². The maximum Gasteiger partial charge on any atom is 0.248 e. The Morgan fingerprint density at radius 2 is 1.50 bits per heavy atom. The van der Waals surface area contributed by atoms with E-state index in [-0.39, 0.29) is 11.1 Å². The number of carbonyl (C=O) groups excluding carboxylic acids is 2. The molecule has 74 valence electrons. The number of ether oxygens (including phenoxy) is 1. The predicted molar refractivity (Wildman–Crippen MR) is 50.0 cm³/mol. The van der Waals surface area contributed by atoms with Gasteiger partial charge in [0.05, 0.1) is 7.11 Å². The van der Waals surface area contributed by atoms with Crippen molar-refractivity contribution in [3.63, 3.8) is 0 Å². The normalized spacial score (nSPS) is 9.50. The van der Waals surface area contributed by atoms with Crippen molar-refractivity contribution in [2.45, 2.75) is 0 Å². The van der Waals surface area contributed by atoms with Crippen molar-refractivity contribution in [2.75, 3.05) is 7.11 Å². The van der Waals surface area contributed by atoms with Crippen LogP contribution in [0.25, 0.3) is 0 Å². The van der Waals surface area contributed by atoms with Crippen LogP contribution in [0.15, 0.2) is 18.2 Å². The van der Waals surface area contributed by atoms with Crippen LogP contribution in [-0.2, 0) is 0 Å². The standard InChI is InChI=1S/C9H10N2O3/c1-14-7-3-5(8(10)12)2-6(4-7)9(11)13/h2-4H,1H3,(H2,10,12)(H2,11,13). The number of carbonyl (C=O) groups is 2. The number of hydrogen-bond acceptors (Lipinski definition) is 3. The summed E-state index contributed by atoms with van der Waals surface area (Å²) in [6.07, 6.45) is 0. The Balaban J connectivity index is 3.27. The Bertz CT molecular complexity index is 355. The zero-order chi connectivity index (χ0) is 10.7. The minimum atomic E-state index is -0.633. The Hall–Kier alpha value is -2.04. The lowest BCUT2D eigenvalue weighted by molar-refractivity contribution is 0.0999. The summed E-state index contributed by atoms with van der Waals surface area (Å²) in [6.45, 7) is 0. The van der Waals surface area contributed by atoms with Gasteiger partial charge in [0.15, 0.2) is 0 Å². The van der Waals surface area contributed by atoms with Gasteiger partial charge in [0.25, 0.3) is 0 Å². The van der Waals surface area contributed by atoms with Gasteiger partial charge in [0.2, 0.25) is 11.8 Å². The van der Waals surface area contributed by atoms with Crippen molar-refractivity contribution >= 4 is 11.8 Å². The van der Waals surface area contributed by atoms with Gasteiger partial charge in [0, 0.05) is 11.1 Å². The second-order valence-corrected chi connectivity index (χ2v) is 2.68. The van der Waals surface area contributed by atoms with Gasteiger partial charge >= 0.3 is 0 Å². The van der Waals surface area contributed by atoms with E-state index in [9.17, 15) is 9.59 Å². The molecule has 0 aliphatic heterocycles. The van der Waals surface area contributed by atoms with Crippen LogP contribution >= 0.6 is 0 Å². The Kier molecular flexibility index (Phi) is 2.71. The van der Waals surface area contributed by atoms with Crippen LogP contribution in [0.2, 0.25) is 0 Å². The zero-order valence-corrected chi connectivity index (χ0v) is 7.61. The van der Waals surface area contributed by atoms with Crippen LogP contribution < -0.4 is 16.2 Å². The van der Waals surface area contributed by atoms with Gasteiger partial charge < -0.3 is 16.2 Å². The Morgan fingerprint density at radius 1 is 1.07 bits per heavy atom. The van der Waals surface area contributed by atoms with E-state index in [4.69, 9.17) is 16.2 Å². The molecule has 2 amide bonds. The molecule has 0 fully saturated rings. The SMILES string of the molecule is COc1cc(C(N)=O)cc(C(N)=O)c1. The molecule has 0 bridgehead atoms. The highest BCUT2D eigenvalue weighted by molar-refractivity contribution is 5.99. The second-order valence-electron chi connectivity index (χ2n) is 2.68. The number of rotatable bonds is 3. The number of amides is 2. The number of nitrogens with two attached hydrogens (primary N) is 2. The first-order chi connectivity index (χ1) is 6.54. The summed E-state index contributed by atoms with van der Waals surface area (Å²) in [5.41, 5.74) is 10.5. The fourth-order valence-electron chi connectivity index (χ4n) is 1.00. The molecule has 0 aliphatic carbocycles. The molecule has 0 saturated carbocycles. The van der Waals surface area contributed by atoms with Crippen molar-refractivity contribution in [3.05, 3.63) is 29.3 Å². The van der Waals surface area contributed by atoms with Gasteiger partial charge in [-0.15, -0.1) is 0 Å². The van der Waals surface area contributed by atoms with Crippen molar-refractivity contribution in [1.82, 2.24) is 0 Å². The van der Waals surface area contributed by atoms with Crippen LogP contribution in [0.1, 0.15) is 20.7 Å². The summed E-state index contributed by atoms with van der Waals surface area (Å²) in [7, 11) is 1.42. The summed E-state index contributed by atoms with van der Waals surface area (Å²) in [5.74, 6) is -0.895. The third-order valence-electron chi connectivity index (χ3n) is 1.71. The summed E-state index contributed by atoms with van der Waals surface area (Å²) in [4.78, 5) is 21.7. The maximum atomic E-state index is 10.9. The van der Waals surface area contributed by atoms with E-state index in [0.717, 1.165) is 0 Å². The summed E-state index contributed by atoms with van der Waals surface area (Å²) in [5, 5.41) is 0. The lowest BCUT2D eigenvalue weighted by Crippen LogP contribution is -2.15. The molecule has 0 atom stereocenters. The van der Waals surface area contributed by atoms with E-state index in [1.807, 2.05) is 0 Å². The minimum absolute atomic E-state index is 0.193. The smallest absolute Gasteiger partial charge is 0.248 e. The van der Waals surface area contributed by atoms with E-state index in [2.05, 4.69) is 0 Å². The fourth-order valence-corrected chi connectivity index (χ4v) is 1.00. The van der Waals surface area contributed by atoms with Crippen LogP contribution in [0.4, 0.5) is 0 Å². The maximum absolute atomic E-state index is 10.9. The van der Waals surface area contributed by atoms with Crippen molar-refractivity contribution in [2.24, 2.45) is 11.5 Å². The highest BCUT2D eigenvalue weighted by Crippen LogP contribution is 2.16. The third kappa shape index (κ3) is 2.01. The molecule has 0 aromatic heterocycles. The average Bonchev–Trinajstić information content (AvgIpc) is 2.16. The van der Waals surface area contributed by atoms with Crippen molar-refractivity contribution in [3.8, 4) is 5.75 Å². The second kappa shape index (κ2) is 3.78. The molecule has 1 aromatic carbocycles. The van der Waals surface area contributed by atoms with E-state index >= 15 is 0 Å². The molecule has 1 rings (SSSR count). The number of hydrogen-bond donors (Lipinski definition) is 2. The summed E-state index contributed by atoms with van der Waals surface area (Å²) in [6, 6.07) is 4.21. The molecule has 14 heavy (non-hydrogen) atoms. The zero-order valence-electron chi connectivity index (χ0n) is 7.61. The van der Waals surface area contributed by atoms with Crippen molar-refractivity contribution < 1.29 is 14.3 Å². The lowest BCUT2D eigenvalue weighted by Gasteiger charge is -2.04. The molecule has 0 aliphatic rings. The van der Waals surface area contributed by atoms with E-state index in [0.29, 0.717) is 5.75 Å². The van der Waals surface area contributed by atoms with E-state index in [1.54, 1.807) is 0 Å². The molecule has 5 heteroatoms. The van der Waals surface area contributed by atoms with Gasteiger partial charge in [-0.05, 0) is 18.2 Å². The fraction of sp³-hybridized carbons (Fsp3) is 0.111. The Morgan fingerprint density at radius 3 is 1.79 bits per heavy atom. The first-order valence-electron chi connectivity index (χ1n) is 3.83. The molecule has 4 N–H and O–H groups in total. The molecule has 0 saturated heterocycles. The molecular formula is C9H10N2O3. The van der Waals surface area contributed by atoms with Gasteiger partial charge in [-0.25, -0.2) is 0 Å². The van der Waals surface area contributed by atoms with Crippen LogP contribution in [0.5, 0.6) is 5.75 Å². The van der Waals surface area contributed by atoms with Gasteiger partial charge in [-0.1, -0.05) is 0 Å². The molecule has 0 radical (unpaired) electrons. The lowest BCUT2D eigenvalue weighted by atomic mass is 10.1. The Labute approximate surface area is 80.6 Å². The quantitative estimate of drug-likeness (QED) is 0.702. The largest absolute Gasteiger partial charge is 0.497 e. The topological polar surface area (TPSA) is 95.4 Å². The van der Waals surface area contributed by atoms with Crippen LogP contribution in [-0.4, -0.2) is 18.9 Å². The van der Waals surface area contributed by atoms with E-state index < -0.39 is 11.8 Å². The highest BCUT2D eigenvalue weighted by Gasteiger charge is 2.08. The first kappa shape index (κ1) is 10.0. The molecule has 0 unspecified atom stereocenters. The number of benzene rings is 1. The molecular weight excluding hydrogens is 184 g/mol. The van der Waals surface area contributed by atoms with E-state index in [1.165, 1.54) is 25.3 Å².